The van der Waals surface area contributed by atoms with Crippen molar-refractivity contribution in [2.45, 2.75) is 20.8 Å². The summed E-state index contributed by atoms with van der Waals surface area (Å²) >= 11 is 0. The maximum atomic E-state index is 12.6. The van der Waals surface area contributed by atoms with E-state index in [4.69, 9.17) is 0 Å². The highest BCUT2D eigenvalue weighted by atomic mass is 16.6. The van der Waals surface area contributed by atoms with Crippen molar-refractivity contribution < 1.29 is 19.2 Å². The summed E-state index contributed by atoms with van der Waals surface area (Å²) in [5, 5.41) is 11.2. The molecular weight excluding hydrogens is 288 g/mol. The van der Waals surface area contributed by atoms with Crippen molar-refractivity contribution >= 4 is 17.6 Å². The van der Waals surface area contributed by atoms with Crippen LogP contribution in [0.5, 0.6) is 0 Å². The van der Waals surface area contributed by atoms with Crippen molar-refractivity contribution in [3.05, 3.63) is 39.4 Å². The minimum atomic E-state index is -0.555. The molecule has 0 aliphatic carbocycles. The number of nitro benzene ring substituents is 1. The summed E-state index contributed by atoms with van der Waals surface area (Å²) < 4.78 is 4.64. The van der Waals surface area contributed by atoms with Gasteiger partial charge in [0.2, 0.25) is 0 Å². The predicted molar refractivity (Wildman–Crippen MR) is 80.6 cm³/mol. The van der Waals surface area contributed by atoms with Crippen LogP contribution in [0.4, 0.5) is 5.69 Å². The van der Waals surface area contributed by atoms with E-state index in [0.717, 1.165) is 0 Å². The summed E-state index contributed by atoms with van der Waals surface area (Å²) in [5.74, 6) is -1.39. The first-order valence-corrected chi connectivity index (χ1v) is 6.94. The number of nitrogens with zero attached hydrogens (tertiary/aromatic N) is 2. The van der Waals surface area contributed by atoms with E-state index < -0.39 is 22.7 Å². The van der Waals surface area contributed by atoms with E-state index in [1.165, 1.54) is 18.1 Å². The number of hydrogen-bond acceptors (Lipinski definition) is 5. The molecule has 0 heterocycles. The Labute approximate surface area is 129 Å². The summed E-state index contributed by atoms with van der Waals surface area (Å²) in [6.45, 7) is 5.47. The molecule has 1 aromatic carbocycles. The van der Waals surface area contributed by atoms with Crippen LogP contribution in [0.1, 0.15) is 29.8 Å². The van der Waals surface area contributed by atoms with E-state index in [-0.39, 0.29) is 17.8 Å². The monoisotopic (exact) mass is 308 g/mol. The molecular formula is C15H20N2O5. The molecule has 0 aliphatic heterocycles. The Balaban J connectivity index is 3.10. The zero-order valence-electron chi connectivity index (χ0n) is 13.2. The smallest absolute Gasteiger partial charge is 0.310 e. The van der Waals surface area contributed by atoms with Crippen LogP contribution in [0.2, 0.25) is 0 Å². The van der Waals surface area contributed by atoms with Gasteiger partial charge in [-0.25, -0.2) is 0 Å². The standard InChI is InChI=1S/C15H20N2O5/c1-5-16(9-11(3)15(19)22-4)14(18)12-8-6-7-10(2)13(12)17(20)21/h6-8,11H,5,9H2,1-4H3/t11-/m1/s1. The van der Waals surface area contributed by atoms with Crippen molar-refractivity contribution in [1.29, 1.82) is 0 Å². The molecule has 0 bridgehead atoms. The molecule has 0 unspecified atom stereocenters. The summed E-state index contributed by atoms with van der Waals surface area (Å²) in [5.41, 5.74) is 0.258. The molecule has 0 N–H and O–H groups in total. The Bertz CT molecular complexity index is 585. The molecule has 0 fully saturated rings. The van der Waals surface area contributed by atoms with Gasteiger partial charge in [-0.1, -0.05) is 19.1 Å². The molecule has 0 aliphatic rings. The van der Waals surface area contributed by atoms with Gasteiger partial charge in [-0.05, 0) is 19.9 Å². The number of carbonyl (C=O) groups is 2. The molecule has 0 aromatic heterocycles. The maximum absolute atomic E-state index is 12.6. The first-order chi connectivity index (χ1) is 10.3. The Kier molecular flexibility index (Phi) is 6.03. The van der Waals surface area contributed by atoms with Crippen LogP contribution < -0.4 is 0 Å². The number of benzene rings is 1. The van der Waals surface area contributed by atoms with E-state index in [2.05, 4.69) is 4.74 Å². The number of hydrogen-bond donors (Lipinski definition) is 0. The van der Waals surface area contributed by atoms with Crippen LogP contribution in [-0.4, -0.2) is 41.9 Å². The van der Waals surface area contributed by atoms with Gasteiger partial charge >= 0.3 is 5.97 Å². The first kappa shape index (κ1) is 17.6. The minimum absolute atomic E-state index is 0.0314. The molecule has 0 saturated heterocycles. The topological polar surface area (TPSA) is 89.8 Å². The second-order valence-electron chi connectivity index (χ2n) is 5.00. The van der Waals surface area contributed by atoms with Gasteiger partial charge in [-0.2, -0.15) is 0 Å². The number of amides is 1. The fourth-order valence-electron chi connectivity index (χ4n) is 2.21. The van der Waals surface area contributed by atoms with Crippen molar-refractivity contribution in [1.82, 2.24) is 4.90 Å². The lowest BCUT2D eigenvalue weighted by Gasteiger charge is -2.23. The summed E-state index contributed by atoms with van der Waals surface area (Å²) in [6.07, 6.45) is 0. The Hall–Kier alpha value is -2.44. The van der Waals surface area contributed by atoms with E-state index in [1.54, 1.807) is 32.9 Å². The largest absolute Gasteiger partial charge is 0.469 e. The second-order valence-corrected chi connectivity index (χ2v) is 5.00. The zero-order chi connectivity index (χ0) is 16.9. The lowest BCUT2D eigenvalue weighted by atomic mass is 10.1. The average Bonchev–Trinajstić information content (AvgIpc) is 2.50. The quantitative estimate of drug-likeness (QED) is 0.456. The number of para-hydroxylation sites is 1. The van der Waals surface area contributed by atoms with Gasteiger partial charge in [0.25, 0.3) is 11.6 Å². The SMILES string of the molecule is CCN(C[C@@H](C)C(=O)OC)C(=O)c1cccc(C)c1[N+](=O)[O-]. The molecule has 120 valence electrons. The number of methoxy groups -OCH3 is 1. The van der Waals surface area contributed by atoms with E-state index in [9.17, 15) is 19.7 Å². The predicted octanol–water partition coefficient (Wildman–Crippen LogP) is 2.17. The number of ether oxygens (including phenoxy) is 1. The van der Waals surface area contributed by atoms with E-state index >= 15 is 0 Å². The third kappa shape index (κ3) is 3.81. The molecule has 1 aromatic rings. The van der Waals surface area contributed by atoms with E-state index in [1.807, 2.05) is 0 Å². The fourth-order valence-corrected chi connectivity index (χ4v) is 2.21. The van der Waals surface area contributed by atoms with Gasteiger partial charge in [-0.15, -0.1) is 0 Å². The van der Waals surface area contributed by atoms with Crippen molar-refractivity contribution in [3.63, 3.8) is 0 Å². The number of nitro groups is 1. The Morgan fingerprint density at radius 3 is 2.55 bits per heavy atom. The molecule has 1 amide bonds. The number of esters is 1. The molecule has 0 spiro atoms. The lowest BCUT2D eigenvalue weighted by molar-refractivity contribution is -0.385. The number of rotatable bonds is 6. The second kappa shape index (κ2) is 7.53. The van der Waals surface area contributed by atoms with Gasteiger partial charge < -0.3 is 9.64 Å². The van der Waals surface area contributed by atoms with Crippen LogP contribution in [0.25, 0.3) is 0 Å². The van der Waals surface area contributed by atoms with Gasteiger partial charge in [-0.3, -0.25) is 19.7 Å². The third-order valence-corrected chi connectivity index (χ3v) is 3.42. The van der Waals surface area contributed by atoms with Crippen LogP contribution in [0.15, 0.2) is 18.2 Å². The van der Waals surface area contributed by atoms with Gasteiger partial charge in [0, 0.05) is 18.7 Å². The van der Waals surface area contributed by atoms with Crippen molar-refractivity contribution in [2.75, 3.05) is 20.2 Å². The zero-order valence-corrected chi connectivity index (χ0v) is 13.2. The van der Waals surface area contributed by atoms with Gasteiger partial charge in [0.1, 0.15) is 5.56 Å². The first-order valence-electron chi connectivity index (χ1n) is 6.94. The lowest BCUT2D eigenvalue weighted by Crippen LogP contribution is -2.37. The molecule has 22 heavy (non-hydrogen) atoms. The highest BCUT2D eigenvalue weighted by Gasteiger charge is 2.27. The van der Waals surface area contributed by atoms with Crippen LogP contribution in [0, 0.1) is 23.0 Å². The van der Waals surface area contributed by atoms with Crippen molar-refractivity contribution in [2.24, 2.45) is 5.92 Å². The fraction of sp³-hybridized carbons (Fsp3) is 0.467. The number of aryl methyl sites for hydroxylation is 1. The highest BCUT2D eigenvalue weighted by Crippen LogP contribution is 2.24. The van der Waals surface area contributed by atoms with E-state index in [0.29, 0.717) is 12.1 Å². The molecule has 1 atom stereocenters. The number of carbonyl (C=O) groups excluding carboxylic acids is 2. The summed E-state index contributed by atoms with van der Waals surface area (Å²) in [6, 6.07) is 4.62. The Morgan fingerprint density at radius 1 is 1.41 bits per heavy atom. The molecule has 1 rings (SSSR count). The van der Waals surface area contributed by atoms with Gasteiger partial charge in [0.15, 0.2) is 0 Å². The Morgan fingerprint density at radius 2 is 2.05 bits per heavy atom. The van der Waals surface area contributed by atoms with Gasteiger partial charge in [0.05, 0.1) is 18.0 Å². The highest BCUT2D eigenvalue weighted by molar-refractivity contribution is 5.98. The third-order valence-electron chi connectivity index (χ3n) is 3.42. The summed E-state index contributed by atoms with van der Waals surface area (Å²) in [7, 11) is 1.28. The van der Waals surface area contributed by atoms with Crippen LogP contribution in [-0.2, 0) is 9.53 Å². The molecule has 0 radical (unpaired) electrons. The average molecular weight is 308 g/mol. The molecule has 7 heteroatoms. The molecule has 0 saturated carbocycles. The minimum Gasteiger partial charge on any atom is -0.469 e. The van der Waals surface area contributed by atoms with Crippen LogP contribution in [0.3, 0.4) is 0 Å². The normalized spacial score (nSPS) is 11.6. The van der Waals surface area contributed by atoms with Crippen molar-refractivity contribution in [3.8, 4) is 0 Å². The maximum Gasteiger partial charge on any atom is 0.310 e. The molecule has 7 nitrogen and oxygen atoms in total. The summed E-state index contributed by atoms with van der Waals surface area (Å²) in [4.78, 5) is 36.1. The van der Waals surface area contributed by atoms with Crippen LogP contribution >= 0.6 is 0 Å².